The average Bonchev–Trinajstić information content (AvgIpc) is 2.93. The molecule has 20 heavy (non-hydrogen) atoms. The highest BCUT2D eigenvalue weighted by atomic mass is 16.5. The Hall–Kier alpha value is -2.82. The summed E-state index contributed by atoms with van der Waals surface area (Å²) >= 11 is 0. The fraction of sp³-hybridized carbons (Fsp3) is 0.0667. The van der Waals surface area contributed by atoms with Crippen LogP contribution in [0, 0.1) is 0 Å². The van der Waals surface area contributed by atoms with Crippen molar-refractivity contribution in [2.75, 3.05) is 7.11 Å². The molecule has 1 aromatic heterocycles. The predicted octanol–water partition coefficient (Wildman–Crippen LogP) is 3.03. The lowest BCUT2D eigenvalue weighted by Gasteiger charge is -2.05. The van der Waals surface area contributed by atoms with Gasteiger partial charge in [0.1, 0.15) is 11.5 Å². The Morgan fingerprint density at radius 1 is 1.30 bits per heavy atom. The Balaban J connectivity index is 1.97. The van der Waals surface area contributed by atoms with Gasteiger partial charge in [-0.3, -0.25) is 4.99 Å². The lowest BCUT2D eigenvalue weighted by molar-refractivity contribution is 0.406. The summed E-state index contributed by atoms with van der Waals surface area (Å²) in [5, 5.41) is 9.85. The summed E-state index contributed by atoms with van der Waals surface area (Å²) in [6.07, 6.45) is 3.23. The smallest absolute Gasteiger partial charge is 0.131 e. The number of aromatic nitrogens is 2. The molecule has 0 unspecified atom stereocenters. The van der Waals surface area contributed by atoms with E-state index in [9.17, 15) is 5.11 Å². The molecule has 0 saturated heterocycles. The number of phenolic OH excluding ortho intramolecular Hbond substituents is 1. The highest BCUT2D eigenvalue weighted by Gasteiger charge is 2.05. The molecule has 0 amide bonds. The quantitative estimate of drug-likeness (QED) is 0.716. The fourth-order valence-electron chi connectivity index (χ4n) is 1.98. The third-order valence-electron chi connectivity index (χ3n) is 3.01. The molecule has 3 rings (SSSR count). The fourth-order valence-corrected chi connectivity index (χ4v) is 1.98. The maximum absolute atomic E-state index is 9.85. The van der Waals surface area contributed by atoms with Gasteiger partial charge in [-0.15, -0.1) is 0 Å². The van der Waals surface area contributed by atoms with Gasteiger partial charge in [0.05, 0.1) is 35.7 Å². The first kappa shape index (κ1) is 12.2. The molecule has 0 aliphatic heterocycles. The number of nitrogens with zero attached hydrogens (tertiary/aromatic N) is 2. The second kappa shape index (κ2) is 5.05. The third-order valence-corrected chi connectivity index (χ3v) is 3.01. The summed E-state index contributed by atoms with van der Waals surface area (Å²) in [5.41, 5.74) is 3.14. The Labute approximate surface area is 115 Å². The van der Waals surface area contributed by atoms with Crippen molar-refractivity contribution in [2.24, 2.45) is 4.99 Å². The number of hydrogen-bond acceptors (Lipinski definition) is 4. The van der Waals surface area contributed by atoms with E-state index in [-0.39, 0.29) is 5.75 Å². The number of aliphatic imine (C=N–C) groups is 1. The summed E-state index contributed by atoms with van der Waals surface area (Å²) in [7, 11) is 1.56. The molecular weight excluding hydrogens is 254 g/mol. The zero-order valence-electron chi connectivity index (χ0n) is 10.9. The standard InChI is InChI=1S/C15H13N3O2/c1-20-15-4-2-3-14(19)11(15)8-16-10-5-6-12-13(7-10)18-9-17-12/h2-9,19H,1H3,(H,17,18). The number of phenols is 1. The Morgan fingerprint density at radius 2 is 2.20 bits per heavy atom. The molecule has 0 saturated carbocycles. The number of hydrogen-bond donors (Lipinski definition) is 2. The van der Waals surface area contributed by atoms with E-state index in [1.54, 1.807) is 37.9 Å². The van der Waals surface area contributed by atoms with Crippen LogP contribution in [0.5, 0.6) is 11.5 Å². The minimum absolute atomic E-state index is 0.135. The largest absolute Gasteiger partial charge is 0.507 e. The maximum atomic E-state index is 9.85. The van der Waals surface area contributed by atoms with Crippen molar-refractivity contribution in [1.29, 1.82) is 0 Å². The van der Waals surface area contributed by atoms with E-state index < -0.39 is 0 Å². The van der Waals surface area contributed by atoms with Gasteiger partial charge in [0.25, 0.3) is 0 Å². The highest BCUT2D eigenvalue weighted by molar-refractivity contribution is 5.89. The van der Waals surface area contributed by atoms with Gasteiger partial charge in [0.2, 0.25) is 0 Å². The van der Waals surface area contributed by atoms with E-state index in [0.29, 0.717) is 11.3 Å². The number of ether oxygens (including phenoxy) is 1. The van der Waals surface area contributed by atoms with Gasteiger partial charge in [-0.1, -0.05) is 6.07 Å². The second-order valence-corrected chi connectivity index (χ2v) is 4.26. The number of fused-ring (bicyclic) bond motifs is 1. The van der Waals surface area contributed by atoms with Crippen LogP contribution in [0.3, 0.4) is 0 Å². The van der Waals surface area contributed by atoms with Crippen LogP contribution in [-0.4, -0.2) is 28.4 Å². The van der Waals surface area contributed by atoms with Gasteiger partial charge in [-0.25, -0.2) is 4.98 Å². The second-order valence-electron chi connectivity index (χ2n) is 4.26. The van der Waals surface area contributed by atoms with Crippen molar-refractivity contribution < 1.29 is 9.84 Å². The van der Waals surface area contributed by atoms with Gasteiger partial charge >= 0.3 is 0 Å². The first-order valence-electron chi connectivity index (χ1n) is 6.11. The van der Waals surface area contributed by atoms with Crippen LogP contribution >= 0.6 is 0 Å². The Kier molecular flexibility index (Phi) is 3.09. The molecule has 1 heterocycles. The molecule has 5 heteroatoms. The zero-order valence-corrected chi connectivity index (χ0v) is 10.9. The Morgan fingerprint density at radius 3 is 3.05 bits per heavy atom. The number of aromatic hydroxyl groups is 1. The number of nitrogens with one attached hydrogen (secondary N) is 1. The van der Waals surface area contributed by atoms with Crippen LogP contribution in [0.2, 0.25) is 0 Å². The van der Waals surface area contributed by atoms with E-state index in [2.05, 4.69) is 15.0 Å². The minimum atomic E-state index is 0.135. The number of aromatic amines is 1. The Bertz CT molecular complexity index is 778. The normalized spacial score (nSPS) is 11.2. The average molecular weight is 267 g/mol. The van der Waals surface area contributed by atoms with E-state index in [1.165, 1.54) is 0 Å². The van der Waals surface area contributed by atoms with Crippen LogP contribution in [0.1, 0.15) is 5.56 Å². The van der Waals surface area contributed by atoms with Gasteiger partial charge < -0.3 is 14.8 Å². The van der Waals surface area contributed by atoms with Crippen molar-refractivity contribution in [1.82, 2.24) is 9.97 Å². The summed E-state index contributed by atoms with van der Waals surface area (Å²) in [6.45, 7) is 0. The summed E-state index contributed by atoms with van der Waals surface area (Å²) in [5.74, 6) is 0.715. The molecule has 2 aromatic carbocycles. The van der Waals surface area contributed by atoms with Crippen molar-refractivity contribution in [3.05, 3.63) is 48.3 Å². The van der Waals surface area contributed by atoms with Crippen LogP contribution in [0.15, 0.2) is 47.7 Å². The van der Waals surface area contributed by atoms with E-state index in [0.717, 1.165) is 16.7 Å². The topological polar surface area (TPSA) is 70.5 Å². The van der Waals surface area contributed by atoms with Gasteiger partial charge in [-0.05, 0) is 30.3 Å². The highest BCUT2D eigenvalue weighted by Crippen LogP contribution is 2.26. The summed E-state index contributed by atoms with van der Waals surface area (Å²) in [6, 6.07) is 10.8. The van der Waals surface area contributed by atoms with Crippen LogP contribution in [0.4, 0.5) is 5.69 Å². The van der Waals surface area contributed by atoms with Gasteiger partial charge in [0, 0.05) is 6.21 Å². The van der Waals surface area contributed by atoms with Crippen molar-refractivity contribution in [3.63, 3.8) is 0 Å². The molecule has 0 fully saturated rings. The lowest BCUT2D eigenvalue weighted by atomic mass is 10.2. The molecular formula is C15H13N3O2. The number of H-pyrrole nitrogens is 1. The molecule has 2 N–H and O–H groups in total. The van der Waals surface area contributed by atoms with Crippen molar-refractivity contribution in [2.45, 2.75) is 0 Å². The number of methoxy groups -OCH3 is 1. The molecule has 5 nitrogen and oxygen atoms in total. The van der Waals surface area contributed by atoms with Crippen LogP contribution in [0.25, 0.3) is 11.0 Å². The molecule has 0 spiro atoms. The van der Waals surface area contributed by atoms with E-state index in [4.69, 9.17) is 4.74 Å². The van der Waals surface area contributed by atoms with Gasteiger partial charge in [0.15, 0.2) is 0 Å². The van der Waals surface area contributed by atoms with Crippen LogP contribution < -0.4 is 4.74 Å². The minimum Gasteiger partial charge on any atom is -0.507 e. The number of imidazole rings is 1. The predicted molar refractivity (Wildman–Crippen MR) is 78.0 cm³/mol. The number of rotatable bonds is 3. The summed E-state index contributed by atoms with van der Waals surface area (Å²) in [4.78, 5) is 11.5. The number of benzene rings is 2. The van der Waals surface area contributed by atoms with Crippen molar-refractivity contribution >= 4 is 22.9 Å². The molecule has 0 bridgehead atoms. The van der Waals surface area contributed by atoms with Crippen molar-refractivity contribution in [3.8, 4) is 11.5 Å². The van der Waals surface area contributed by atoms with Crippen LogP contribution in [-0.2, 0) is 0 Å². The first-order valence-corrected chi connectivity index (χ1v) is 6.11. The van der Waals surface area contributed by atoms with Gasteiger partial charge in [-0.2, -0.15) is 0 Å². The molecule has 0 aliphatic rings. The molecule has 0 aliphatic carbocycles. The summed E-state index contributed by atoms with van der Waals surface area (Å²) < 4.78 is 5.21. The molecule has 0 radical (unpaired) electrons. The van der Waals surface area contributed by atoms with E-state index >= 15 is 0 Å². The third kappa shape index (κ3) is 2.21. The molecule has 100 valence electrons. The molecule has 3 aromatic rings. The monoisotopic (exact) mass is 267 g/mol. The molecule has 0 atom stereocenters. The SMILES string of the molecule is COc1cccc(O)c1C=Nc1ccc2nc[nH]c2c1. The zero-order chi connectivity index (χ0) is 13.9. The maximum Gasteiger partial charge on any atom is 0.131 e. The lowest BCUT2D eigenvalue weighted by Crippen LogP contribution is -1.90. The van der Waals surface area contributed by atoms with E-state index in [1.807, 2.05) is 18.2 Å². The first-order chi connectivity index (χ1) is 9.78.